The molecule has 3 aromatic carbocycles. The summed E-state index contributed by atoms with van der Waals surface area (Å²) in [6.07, 6.45) is 0.0456. The van der Waals surface area contributed by atoms with Gasteiger partial charge < -0.3 is 10.1 Å². The molecule has 0 spiro atoms. The van der Waals surface area contributed by atoms with Crippen LogP contribution >= 0.6 is 11.6 Å². The highest BCUT2D eigenvalue weighted by Gasteiger charge is 2.12. The number of esters is 1. The van der Waals surface area contributed by atoms with Gasteiger partial charge in [-0.15, -0.1) is 0 Å². The van der Waals surface area contributed by atoms with E-state index in [1.165, 1.54) is 12.1 Å². The van der Waals surface area contributed by atoms with Crippen LogP contribution in [0.25, 0.3) is 10.8 Å². The van der Waals surface area contributed by atoms with Crippen molar-refractivity contribution in [3.8, 4) is 0 Å². The summed E-state index contributed by atoms with van der Waals surface area (Å²) in [6.45, 7) is -0.494. The average molecular weight is 372 g/mol. The van der Waals surface area contributed by atoms with Crippen molar-refractivity contribution in [2.24, 2.45) is 0 Å². The van der Waals surface area contributed by atoms with E-state index in [2.05, 4.69) is 5.32 Å². The zero-order valence-electron chi connectivity index (χ0n) is 13.7. The Hall–Kier alpha value is -2.92. The number of carbonyl (C=O) groups excluding carboxylic acids is 2. The van der Waals surface area contributed by atoms with Crippen molar-refractivity contribution < 1.29 is 18.7 Å². The molecule has 3 aromatic rings. The van der Waals surface area contributed by atoms with Crippen LogP contribution in [0.2, 0.25) is 5.02 Å². The second-order valence-electron chi connectivity index (χ2n) is 5.65. The summed E-state index contributed by atoms with van der Waals surface area (Å²) in [6, 6.07) is 17.2. The molecule has 1 N–H and O–H groups in total. The second-order valence-corrected chi connectivity index (χ2v) is 6.08. The Labute approximate surface area is 154 Å². The fourth-order valence-corrected chi connectivity index (χ4v) is 2.74. The molecule has 0 saturated heterocycles. The summed E-state index contributed by atoms with van der Waals surface area (Å²) in [5.74, 6) is -1.82. The number of halogens is 2. The number of ether oxygens (including phenoxy) is 1. The van der Waals surface area contributed by atoms with Gasteiger partial charge in [0.1, 0.15) is 5.82 Å². The first-order valence-corrected chi connectivity index (χ1v) is 8.28. The molecule has 0 unspecified atom stereocenters. The monoisotopic (exact) mass is 371 g/mol. The zero-order chi connectivity index (χ0) is 18.5. The molecule has 0 bridgehead atoms. The van der Waals surface area contributed by atoms with Gasteiger partial charge in [-0.2, -0.15) is 0 Å². The van der Waals surface area contributed by atoms with E-state index < -0.39 is 24.3 Å². The SMILES string of the molecule is O=C(COC(=O)Cc1cccc2ccccc12)Nc1ccc(Cl)cc1F. The Balaban J connectivity index is 1.57. The van der Waals surface area contributed by atoms with E-state index in [4.69, 9.17) is 16.3 Å². The Kier molecular flexibility index (Phi) is 5.49. The number of nitrogens with one attached hydrogen (secondary N) is 1. The third-order valence-electron chi connectivity index (χ3n) is 3.78. The molecule has 0 fully saturated rings. The summed E-state index contributed by atoms with van der Waals surface area (Å²) in [5.41, 5.74) is 0.793. The second kappa shape index (κ2) is 7.97. The molecular formula is C20H15ClFNO3. The summed E-state index contributed by atoms with van der Waals surface area (Å²) in [7, 11) is 0. The highest BCUT2D eigenvalue weighted by atomic mass is 35.5. The van der Waals surface area contributed by atoms with Crippen LogP contribution in [0.3, 0.4) is 0 Å². The van der Waals surface area contributed by atoms with E-state index in [0.717, 1.165) is 22.4 Å². The summed E-state index contributed by atoms with van der Waals surface area (Å²) in [5, 5.41) is 4.54. The topological polar surface area (TPSA) is 55.4 Å². The lowest BCUT2D eigenvalue weighted by Gasteiger charge is -2.09. The number of amides is 1. The molecule has 0 heterocycles. The first-order valence-electron chi connectivity index (χ1n) is 7.90. The molecule has 3 rings (SSSR count). The Morgan fingerprint density at radius 1 is 1.04 bits per heavy atom. The zero-order valence-corrected chi connectivity index (χ0v) is 14.4. The number of benzene rings is 3. The molecule has 0 radical (unpaired) electrons. The third kappa shape index (κ3) is 4.37. The summed E-state index contributed by atoms with van der Waals surface area (Å²) < 4.78 is 18.6. The molecule has 4 nitrogen and oxygen atoms in total. The molecule has 132 valence electrons. The van der Waals surface area contributed by atoms with Crippen LogP contribution in [0.5, 0.6) is 0 Å². The highest BCUT2D eigenvalue weighted by Crippen LogP contribution is 2.20. The molecule has 0 aliphatic heterocycles. The highest BCUT2D eigenvalue weighted by molar-refractivity contribution is 6.30. The van der Waals surface area contributed by atoms with E-state index in [1.54, 1.807) is 0 Å². The van der Waals surface area contributed by atoms with Gasteiger partial charge in [0.25, 0.3) is 5.91 Å². The minimum absolute atomic E-state index is 0.0236. The summed E-state index contributed by atoms with van der Waals surface area (Å²) in [4.78, 5) is 23.9. The van der Waals surface area contributed by atoms with E-state index in [-0.39, 0.29) is 17.1 Å². The predicted octanol–water partition coefficient (Wildman–Crippen LogP) is 4.36. The maximum Gasteiger partial charge on any atom is 0.310 e. The van der Waals surface area contributed by atoms with Crippen molar-refractivity contribution in [2.45, 2.75) is 6.42 Å². The van der Waals surface area contributed by atoms with Gasteiger partial charge in [0, 0.05) is 5.02 Å². The standard InChI is InChI=1S/C20H15ClFNO3/c21-15-8-9-18(17(22)11-15)23-19(24)12-26-20(25)10-14-6-3-5-13-4-1-2-7-16(13)14/h1-9,11H,10,12H2,(H,23,24). The van der Waals surface area contributed by atoms with Gasteiger partial charge in [-0.1, -0.05) is 54.1 Å². The lowest BCUT2D eigenvalue weighted by Crippen LogP contribution is -2.22. The summed E-state index contributed by atoms with van der Waals surface area (Å²) >= 11 is 5.65. The van der Waals surface area contributed by atoms with Crippen molar-refractivity contribution in [2.75, 3.05) is 11.9 Å². The number of fused-ring (bicyclic) bond motifs is 1. The van der Waals surface area contributed by atoms with Gasteiger partial charge in [0.05, 0.1) is 12.1 Å². The molecular weight excluding hydrogens is 357 g/mol. The van der Waals surface area contributed by atoms with Gasteiger partial charge in [-0.05, 0) is 34.5 Å². The first kappa shape index (κ1) is 17.9. The van der Waals surface area contributed by atoms with Crippen LogP contribution in [-0.2, 0) is 20.7 Å². The molecule has 0 atom stereocenters. The van der Waals surface area contributed by atoms with E-state index in [9.17, 15) is 14.0 Å². The van der Waals surface area contributed by atoms with Crippen molar-refractivity contribution in [3.63, 3.8) is 0 Å². The molecule has 0 aromatic heterocycles. The van der Waals surface area contributed by atoms with Gasteiger partial charge >= 0.3 is 5.97 Å². The van der Waals surface area contributed by atoms with E-state index >= 15 is 0 Å². The number of hydrogen-bond acceptors (Lipinski definition) is 3. The number of carbonyl (C=O) groups is 2. The number of anilines is 1. The largest absolute Gasteiger partial charge is 0.455 e. The lowest BCUT2D eigenvalue weighted by atomic mass is 10.0. The minimum Gasteiger partial charge on any atom is -0.455 e. The fourth-order valence-electron chi connectivity index (χ4n) is 2.58. The molecule has 0 aliphatic rings. The lowest BCUT2D eigenvalue weighted by molar-refractivity contribution is -0.146. The average Bonchev–Trinajstić information content (AvgIpc) is 2.63. The Bertz CT molecular complexity index is 969. The quantitative estimate of drug-likeness (QED) is 0.678. The van der Waals surface area contributed by atoms with E-state index in [0.29, 0.717) is 0 Å². The van der Waals surface area contributed by atoms with Gasteiger partial charge in [-0.25, -0.2) is 4.39 Å². The van der Waals surface area contributed by atoms with Crippen LogP contribution < -0.4 is 5.32 Å². The van der Waals surface area contributed by atoms with Gasteiger partial charge in [-0.3, -0.25) is 9.59 Å². The van der Waals surface area contributed by atoms with Crippen LogP contribution in [-0.4, -0.2) is 18.5 Å². The fraction of sp³-hybridized carbons (Fsp3) is 0.100. The number of hydrogen-bond donors (Lipinski definition) is 1. The minimum atomic E-state index is -0.659. The third-order valence-corrected chi connectivity index (χ3v) is 4.02. The van der Waals surface area contributed by atoms with Gasteiger partial charge in [0.15, 0.2) is 6.61 Å². The first-order chi connectivity index (χ1) is 12.5. The molecule has 0 aliphatic carbocycles. The van der Waals surface area contributed by atoms with Crippen molar-refractivity contribution in [1.29, 1.82) is 0 Å². The van der Waals surface area contributed by atoms with Crippen molar-refractivity contribution in [1.82, 2.24) is 0 Å². The maximum atomic E-state index is 13.6. The molecule has 0 saturated carbocycles. The maximum absolute atomic E-state index is 13.6. The van der Waals surface area contributed by atoms with Crippen LogP contribution in [0.15, 0.2) is 60.7 Å². The van der Waals surface area contributed by atoms with E-state index in [1.807, 2.05) is 42.5 Å². The van der Waals surface area contributed by atoms with Crippen molar-refractivity contribution in [3.05, 3.63) is 77.1 Å². The Morgan fingerprint density at radius 3 is 2.62 bits per heavy atom. The van der Waals surface area contributed by atoms with Crippen LogP contribution in [0, 0.1) is 5.82 Å². The molecule has 1 amide bonds. The smallest absolute Gasteiger partial charge is 0.310 e. The predicted molar refractivity (Wildman–Crippen MR) is 98.7 cm³/mol. The normalized spacial score (nSPS) is 10.5. The van der Waals surface area contributed by atoms with Crippen molar-refractivity contribution >= 4 is 39.9 Å². The molecule has 6 heteroatoms. The number of rotatable bonds is 5. The Morgan fingerprint density at radius 2 is 1.81 bits per heavy atom. The van der Waals surface area contributed by atoms with Gasteiger partial charge in [0.2, 0.25) is 0 Å². The molecule has 26 heavy (non-hydrogen) atoms. The van der Waals surface area contributed by atoms with Crippen LogP contribution in [0.4, 0.5) is 10.1 Å². The van der Waals surface area contributed by atoms with Crippen LogP contribution in [0.1, 0.15) is 5.56 Å².